The normalized spacial score (nSPS) is 12.4. The number of nitrogens with one attached hydrogen (secondary N) is 1. The standard InChI is InChI=1S/C17H18BrCl2N/c1-3-21-17(13-5-6-14(18)11(2)8-13)10-12-4-7-15(19)16(20)9-12/h4-9,17,21H,3,10H2,1-2H3. The van der Waals surface area contributed by atoms with E-state index in [-0.39, 0.29) is 6.04 Å². The lowest BCUT2D eigenvalue weighted by molar-refractivity contribution is 0.549. The fraction of sp³-hybridized carbons (Fsp3) is 0.294. The van der Waals surface area contributed by atoms with Crippen LogP contribution in [0.4, 0.5) is 0 Å². The molecule has 0 aliphatic carbocycles. The quantitative estimate of drug-likeness (QED) is 0.668. The Labute approximate surface area is 144 Å². The molecule has 0 spiro atoms. The topological polar surface area (TPSA) is 12.0 Å². The molecule has 0 radical (unpaired) electrons. The molecule has 0 saturated heterocycles. The summed E-state index contributed by atoms with van der Waals surface area (Å²) >= 11 is 15.6. The van der Waals surface area contributed by atoms with Gasteiger partial charge >= 0.3 is 0 Å². The molecule has 0 aromatic heterocycles. The lowest BCUT2D eigenvalue weighted by Gasteiger charge is -2.19. The average Bonchev–Trinajstić information content (AvgIpc) is 2.45. The van der Waals surface area contributed by atoms with Crippen LogP contribution in [0.1, 0.15) is 29.7 Å². The zero-order chi connectivity index (χ0) is 15.4. The maximum absolute atomic E-state index is 6.11. The minimum absolute atomic E-state index is 0.263. The van der Waals surface area contributed by atoms with Crippen LogP contribution in [0, 0.1) is 6.92 Å². The van der Waals surface area contributed by atoms with E-state index in [1.54, 1.807) is 0 Å². The lowest BCUT2D eigenvalue weighted by atomic mass is 9.97. The summed E-state index contributed by atoms with van der Waals surface area (Å²) in [4.78, 5) is 0. The molecule has 1 atom stereocenters. The van der Waals surface area contributed by atoms with Crippen LogP contribution in [0.15, 0.2) is 40.9 Å². The molecule has 2 aromatic rings. The summed E-state index contributed by atoms with van der Waals surface area (Å²) in [6.45, 7) is 5.14. The molecular weight excluding hydrogens is 369 g/mol. The van der Waals surface area contributed by atoms with Gasteiger partial charge in [-0.2, -0.15) is 0 Å². The monoisotopic (exact) mass is 385 g/mol. The predicted molar refractivity (Wildman–Crippen MR) is 95.5 cm³/mol. The zero-order valence-electron chi connectivity index (χ0n) is 12.1. The molecule has 4 heteroatoms. The molecule has 0 aliphatic rings. The van der Waals surface area contributed by atoms with E-state index in [1.807, 2.05) is 18.2 Å². The van der Waals surface area contributed by atoms with E-state index >= 15 is 0 Å². The van der Waals surface area contributed by atoms with Crippen molar-refractivity contribution in [2.75, 3.05) is 6.54 Å². The molecule has 0 aliphatic heterocycles. The number of halogens is 3. The van der Waals surface area contributed by atoms with Crippen molar-refractivity contribution in [1.82, 2.24) is 5.32 Å². The summed E-state index contributed by atoms with van der Waals surface area (Å²) in [6, 6.07) is 12.6. The Bertz CT molecular complexity index is 628. The number of benzene rings is 2. The Morgan fingerprint density at radius 2 is 1.86 bits per heavy atom. The summed E-state index contributed by atoms with van der Waals surface area (Å²) < 4.78 is 1.14. The molecule has 0 amide bonds. The highest BCUT2D eigenvalue weighted by atomic mass is 79.9. The van der Waals surface area contributed by atoms with Gasteiger partial charge in [0.2, 0.25) is 0 Å². The smallest absolute Gasteiger partial charge is 0.0595 e. The summed E-state index contributed by atoms with van der Waals surface area (Å²) in [5.74, 6) is 0. The molecule has 0 fully saturated rings. The summed E-state index contributed by atoms with van der Waals surface area (Å²) in [5.41, 5.74) is 3.70. The third-order valence-electron chi connectivity index (χ3n) is 3.46. The van der Waals surface area contributed by atoms with Gasteiger partial charge < -0.3 is 5.32 Å². The number of aryl methyl sites for hydroxylation is 1. The van der Waals surface area contributed by atoms with E-state index in [1.165, 1.54) is 16.7 Å². The first-order valence-electron chi connectivity index (χ1n) is 6.94. The molecule has 0 bridgehead atoms. The van der Waals surface area contributed by atoms with Crippen LogP contribution in [0.5, 0.6) is 0 Å². The largest absolute Gasteiger partial charge is 0.310 e. The number of rotatable bonds is 5. The Kier molecular flexibility index (Phi) is 6.12. The van der Waals surface area contributed by atoms with Crippen molar-refractivity contribution >= 4 is 39.1 Å². The Hall–Kier alpha value is -0.540. The van der Waals surface area contributed by atoms with Gasteiger partial charge in [0.15, 0.2) is 0 Å². The van der Waals surface area contributed by atoms with Gasteiger partial charge in [-0.25, -0.2) is 0 Å². The van der Waals surface area contributed by atoms with E-state index in [0.29, 0.717) is 10.0 Å². The second kappa shape index (κ2) is 7.64. The third kappa shape index (κ3) is 4.46. The van der Waals surface area contributed by atoms with Crippen molar-refractivity contribution in [2.45, 2.75) is 26.3 Å². The SMILES string of the molecule is CCNC(Cc1ccc(Cl)c(Cl)c1)c1ccc(Br)c(C)c1. The lowest BCUT2D eigenvalue weighted by Crippen LogP contribution is -2.23. The molecule has 0 saturated carbocycles. The Morgan fingerprint density at radius 3 is 2.48 bits per heavy atom. The van der Waals surface area contributed by atoms with Crippen molar-refractivity contribution in [3.05, 3.63) is 67.6 Å². The van der Waals surface area contributed by atoms with E-state index in [0.717, 1.165) is 17.4 Å². The molecule has 1 nitrogen and oxygen atoms in total. The van der Waals surface area contributed by atoms with Crippen LogP contribution in [-0.2, 0) is 6.42 Å². The molecular formula is C17H18BrCl2N. The van der Waals surface area contributed by atoms with Crippen LogP contribution in [0.2, 0.25) is 10.0 Å². The van der Waals surface area contributed by atoms with Crippen LogP contribution < -0.4 is 5.32 Å². The van der Waals surface area contributed by atoms with E-state index < -0.39 is 0 Å². The highest BCUT2D eigenvalue weighted by Gasteiger charge is 2.13. The third-order valence-corrected chi connectivity index (χ3v) is 5.09. The maximum atomic E-state index is 6.11. The van der Waals surface area contributed by atoms with Crippen molar-refractivity contribution in [2.24, 2.45) is 0 Å². The van der Waals surface area contributed by atoms with E-state index in [4.69, 9.17) is 23.2 Å². The number of hydrogen-bond acceptors (Lipinski definition) is 1. The molecule has 2 rings (SSSR count). The molecule has 1 N–H and O–H groups in total. The van der Waals surface area contributed by atoms with Crippen LogP contribution in [0.3, 0.4) is 0 Å². The van der Waals surface area contributed by atoms with Gasteiger partial charge in [-0.15, -0.1) is 0 Å². The van der Waals surface area contributed by atoms with Gasteiger partial charge in [-0.1, -0.05) is 64.3 Å². The van der Waals surface area contributed by atoms with Crippen LogP contribution >= 0.6 is 39.1 Å². The fourth-order valence-electron chi connectivity index (χ4n) is 2.34. The predicted octanol–water partition coefficient (Wildman–Crippen LogP) is 5.96. The van der Waals surface area contributed by atoms with Gasteiger partial charge in [0, 0.05) is 10.5 Å². The molecule has 0 heterocycles. The zero-order valence-corrected chi connectivity index (χ0v) is 15.2. The van der Waals surface area contributed by atoms with Gasteiger partial charge in [-0.05, 0) is 54.8 Å². The maximum Gasteiger partial charge on any atom is 0.0595 e. The highest BCUT2D eigenvalue weighted by Crippen LogP contribution is 2.27. The van der Waals surface area contributed by atoms with Gasteiger partial charge in [-0.3, -0.25) is 0 Å². The summed E-state index contributed by atoms with van der Waals surface area (Å²) in [7, 11) is 0. The van der Waals surface area contributed by atoms with Crippen molar-refractivity contribution < 1.29 is 0 Å². The number of hydrogen-bond donors (Lipinski definition) is 1. The minimum atomic E-state index is 0.263. The molecule has 112 valence electrons. The fourth-order valence-corrected chi connectivity index (χ4v) is 2.91. The van der Waals surface area contributed by atoms with Gasteiger partial charge in [0.25, 0.3) is 0 Å². The number of likely N-dealkylation sites (N-methyl/N-ethyl adjacent to an activating group) is 1. The van der Waals surface area contributed by atoms with Crippen molar-refractivity contribution in [1.29, 1.82) is 0 Å². The Balaban J connectivity index is 2.25. The summed E-state index contributed by atoms with van der Waals surface area (Å²) in [6.07, 6.45) is 0.881. The second-order valence-electron chi connectivity index (χ2n) is 5.07. The summed E-state index contributed by atoms with van der Waals surface area (Å²) in [5, 5.41) is 4.74. The first-order valence-corrected chi connectivity index (χ1v) is 8.49. The molecule has 2 aromatic carbocycles. The van der Waals surface area contributed by atoms with Crippen LogP contribution in [-0.4, -0.2) is 6.54 Å². The van der Waals surface area contributed by atoms with Gasteiger partial charge in [0.05, 0.1) is 10.0 Å². The van der Waals surface area contributed by atoms with E-state index in [9.17, 15) is 0 Å². The van der Waals surface area contributed by atoms with Gasteiger partial charge in [0.1, 0.15) is 0 Å². The first-order chi connectivity index (χ1) is 10.0. The minimum Gasteiger partial charge on any atom is -0.310 e. The van der Waals surface area contributed by atoms with E-state index in [2.05, 4.69) is 53.3 Å². The second-order valence-corrected chi connectivity index (χ2v) is 6.74. The van der Waals surface area contributed by atoms with Crippen molar-refractivity contribution in [3.8, 4) is 0 Å². The molecule has 21 heavy (non-hydrogen) atoms. The molecule has 1 unspecified atom stereocenters. The Morgan fingerprint density at radius 1 is 1.10 bits per heavy atom. The first kappa shape index (κ1) is 16.8. The highest BCUT2D eigenvalue weighted by molar-refractivity contribution is 9.10. The van der Waals surface area contributed by atoms with Crippen LogP contribution in [0.25, 0.3) is 0 Å². The average molecular weight is 387 g/mol. The van der Waals surface area contributed by atoms with Crippen molar-refractivity contribution in [3.63, 3.8) is 0 Å².